The van der Waals surface area contributed by atoms with E-state index in [9.17, 15) is 14.9 Å². The van der Waals surface area contributed by atoms with Gasteiger partial charge in [-0.15, -0.1) is 0 Å². The summed E-state index contributed by atoms with van der Waals surface area (Å²) < 4.78 is 5.97. The third-order valence-corrected chi connectivity index (χ3v) is 5.00. The van der Waals surface area contributed by atoms with E-state index in [0.29, 0.717) is 18.6 Å². The van der Waals surface area contributed by atoms with Crippen LogP contribution in [-0.2, 0) is 11.2 Å². The Morgan fingerprint density at radius 1 is 1.20 bits per heavy atom. The Hall–Kier alpha value is -2.57. The molecule has 0 radical (unpaired) electrons. The molecule has 0 aromatic heterocycles. The van der Waals surface area contributed by atoms with E-state index in [1.54, 1.807) is 0 Å². The van der Waals surface area contributed by atoms with Gasteiger partial charge >= 0.3 is 0 Å². The van der Waals surface area contributed by atoms with Crippen LogP contribution >= 0.6 is 0 Å². The summed E-state index contributed by atoms with van der Waals surface area (Å²) >= 11 is 0. The van der Waals surface area contributed by atoms with Crippen LogP contribution in [0, 0.1) is 10.1 Å². The number of benzene rings is 2. The molecule has 0 amide bonds. The third kappa shape index (κ3) is 2.94. The van der Waals surface area contributed by atoms with Crippen LogP contribution in [0.25, 0.3) is 0 Å². The smallest absolute Gasteiger partial charge is 0.269 e. The molecule has 2 heterocycles. The van der Waals surface area contributed by atoms with Crippen molar-refractivity contribution in [3.05, 3.63) is 75.3 Å². The van der Waals surface area contributed by atoms with Crippen LogP contribution in [0.4, 0.5) is 5.69 Å². The van der Waals surface area contributed by atoms with Gasteiger partial charge in [-0.3, -0.25) is 19.8 Å². The lowest BCUT2D eigenvalue weighted by Crippen LogP contribution is -2.39. The molecule has 1 fully saturated rings. The van der Waals surface area contributed by atoms with E-state index in [1.165, 1.54) is 35.4 Å². The highest BCUT2D eigenvalue weighted by Gasteiger charge is 2.39. The third-order valence-electron chi connectivity index (χ3n) is 5.00. The summed E-state index contributed by atoms with van der Waals surface area (Å²) in [6, 6.07) is 14.1. The van der Waals surface area contributed by atoms with Gasteiger partial charge in [-0.2, -0.15) is 0 Å². The van der Waals surface area contributed by atoms with Gasteiger partial charge in [0, 0.05) is 36.7 Å². The number of Topliss-reactive ketones (excluding diaryl/α,β-unsaturated/α-hetero) is 1. The van der Waals surface area contributed by atoms with Crippen LogP contribution in [0.5, 0.6) is 0 Å². The van der Waals surface area contributed by atoms with E-state index in [0.717, 1.165) is 13.0 Å². The maximum absolute atomic E-state index is 12.5. The van der Waals surface area contributed by atoms with Crippen LogP contribution in [0.1, 0.15) is 34.1 Å². The molecule has 0 unspecified atom stereocenters. The van der Waals surface area contributed by atoms with E-state index in [1.807, 2.05) is 12.1 Å². The fourth-order valence-electron chi connectivity index (χ4n) is 3.68. The molecule has 0 N–H and O–H groups in total. The first-order chi connectivity index (χ1) is 12.1. The van der Waals surface area contributed by atoms with Crippen LogP contribution < -0.4 is 0 Å². The largest absolute Gasteiger partial charge is 0.357 e. The normalized spacial score (nSPS) is 22.2. The van der Waals surface area contributed by atoms with Crippen LogP contribution in [-0.4, -0.2) is 34.8 Å². The number of carbonyl (C=O) groups is 1. The maximum atomic E-state index is 12.5. The zero-order valence-corrected chi connectivity index (χ0v) is 13.6. The van der Waals surface area contributed by atoms with Gasteiger partial charge in [-0.05, 0) is 29.7 Å². The first-order valence-electron chi connectivity index (χ1n) is 8.36. The summed E-state index contributed by atoms with van der Waals surface area (Å²) in [6.45, 7) is 1.40. The Labute approximate surface area is 145 Å². The number of hydrogen-bond acceptors (Lipinski definition) is 5. The van der Waals surface area contributed by atoms with Crippen LogP contribution in [0.2, 0.25) is 0 Å². The number of hydrogen-bond donors (Lipinski definition) is 0. The highest BCUT2D eigenvalue weighted by molar-refractivity contribution is 5.96. The van der Waals surface area contributed by atoms with E-state index in [4.69, 9.17) is 4.74 Å². The predicted octanol–water partition coefficient (Wildman–Crippen LogP) is 3.12. The van der Waals surface area contributed by atoms with E-state index in [-0.39, 0.29) is 23.7 Å². The number of nitrogens with zero attached hydrogens (tertiary/aromatic N) is 2. The molecule has 128 valence electrons. The molecule has 4 rings (SSSR count). The van der Waals surface area contributed by atoms with Crippen molar-refractivity contribution in [1.82, 2.24) is 4.90 Å². The maximum Gasteiger partial charge on any atom is 0.269 e. The Kier molecular flexibility index (Phi) is 4.07. The fourth-order valence-corrected chi connectivity index (χ4v) is 3.68. The van der Waals surface area contributed by atoms with Crippen LogP contribution in [0.15, 0.2) is 48.5 Å². The highest BCUT2D eigenvalue weighted by atomic mass is 16.6. The molecule has 2 aromatic rings. The number of ketones is 1. The molecule has 25 heavy (non-hydrogen) atoms. The lowest BCUT2D eigenvalue weighted by atomic mass is 9.96. The van der Waals surface area contributed by atoms with Crippen molar-refractivity contribution in [2.45, 2.75) is 25.1 Å². The summed E-state index contributed by atoms with van der Waals surface area (Å²) in [7, 11) is 0. The zero-order chi connectivity index (χ0) is 17.4. The molecule has 0 bridgehead atoms. The van der Waals surface area contributed by atoms with Crippen molar-refractivity contribution in [3.8, 4) is 0 Å². The Balaban J connectivity index is 1.47. The van der Waals surface area contributed by atoms with Crippen molar-refractivity contribution < 1.29 is 14.5 Å². The molecule has 0 aliphatic carbocycles. The molecule has 1 saturated heterocycles. The number of fused-ring (bicyclic) bond motifs is 3. The molecule has 6 nitrogen and oxygen atoms in total. The molecule has 6 heteroatoms. The molecular formula is C19H18N2O4. The molecule has 2 aromatic carbocycles. The summed E-state index contributed by atoms with van der Waals surface area (Å²) in [5.41, 5.74) is 3.00. The number of ether oxygens (including phenoxy) is 1. The van der Waals surface area contributed by atoms with Crippen molar-refractivity contribution >= 4 is 11.5 Å². The second-order valence-corrected chi connectivity index (χ2v) is 6.46. The number of rotatable bonds is 4. The number of nitro groups is 1. The van der Waals surface area contributed by atoms with Gasteiger partial charge in [-0.1, -0.05) is 24.3 Å². The van der Waals surface area contributed by atoms with Crippen molar-refractivity contribution in [2.24, 2.45) is 0 Å². The molecule has 0 saturated carbocycles. The zero-order valence-electron chi connectivity index (χ0n) is 13.6. The first kappa shape index (κ1) is 15.9. The summed E-state index contributed by atoms with van der Waals surface area (Å²) in [6.07, 6.45) is 1.24. The summed E-state index contributed by atoms with van der Waals surface area (Å²) in [4.78, 5) is 25.1. The van der Waals surface area contributed by atoms with Gasteiger partial charge in [0.15, 0.2) is 5.78 Å². The van der Waals surface area contributed by atoms with Gasteiger partial charge in [0.25, 0.3) is 5.69 Å². The number of non-ortho nitro benzene ring substituents is 1. The quantitative estimate of drug-likeness (QED) is 0.486. The minimum atomic E-state index is -0.463. The highest BCUT2D eigenvalue weighted by Crippen LogP contribution is 2.37. The lowest BCUT2D eigenvalue weighted by molar-refractivity contribution is -0.384. The average molecular weight is 338 g/mol. The lowest BCUT2D eigenvalue weighted by Gasteiger charge is -2.33. The van der Waals surface area contributed by atoms with Gasteiger partial charge in [-0.25, -0.2) is 0 Å². The predicted molar refractivity (Wildman–Crippen MR) is 91.4 cm³/mol. The minimum Gasteiger partial charge on any atom is -0.357 e. The van der Waals surface area contributed by atoms with E-state index < -0.39 is 4.92 Å². The molecule has 2 atom stereocenters. The monoisotopic (exact) mass is 338 g/mol. The van der Waals surface area contributed by atoms with E-state index >= 15 is 0 Å². The summed E-state index contributed by atoms with van der Waals surface area (Å²) in [5, 5.41) is 10.7. The Bertz CT molecular complexity index is 818. The second-order valence-electron chi connectivity index (χ2n) is 6.46. The van der Waals surface area contributed by atoms with E-state index in [2.05, 4.69) is 17.0 Å². The van der Waals surface area contributed by atoms with Gasteiger partial charge in [0.2, 0.25) is 0 Å². The van der Waals surface area contributed by atoms with Gasteiger partial charge < -0.3 is 4.74 Å². The first-order valence-corrected chi connectivity index (χ1v) is 8.36. The average Bonchev–Trinajstić information content (AvgIpc) is 3.05. The van der Waals surface area contributed by atoms with Crippen molar-refractivity contribution in [2.75, 3.05) is 13.2 Å². The molecule has 2 aliphatic heterocycles. The van der Waals surface area contributed by atoms with Crippen molar-refractivity contribution in [1.29, 1.82) is 0 Å². The van der Waals surface area contributed by atoms with Crippen LogP contribution in [0.3, 0.4) is 0 Å². The van der Waals surface area contributed by atoms with Gasteiger partial charge in [0.1, 0.15) is 6.23 Å². The molecule has 2 aliphatic rings. The Morgan fingerprint density at radius 3 is 2.72 bits per heavy atom. The molecular weight excluding hydrogens is 320 g/mol. The SMILES string of the molecule is O=C(C[C@@H]1CO[C@H]2c3ccccc3CCN12)c1ccc([N+](=O)[O-])cc1. The molecule has 0 spiro atoms. The number of carbonyl (C=O) groups excluding carboxylic acids is 1. The number of nitro benzene ring substituents is 1. The summed E-state index contributed by atoms with van der Waals surface area (Å²) in [5.74, 6) is -0.0111. The minimum absolute atomic E-state index is 0.00606. The standard InChI is InChI=1S/C19H18N2O4/c22-18(14-5-7-15(8-6-14)21(23)24)11-16-12-25-19-17-4-2-1-3-13(17)9-10-20(16)19/h1-8,16,19H,9-12H2/t16-,19+/m1/s1. The second kappa shape index (κ2) is 6.38. The fraction of sp³-hybridized carbons (Fsp3) is 0.316. The topological polar surface area (TPSA) is 72.7 Å². The Morgan fingerprint density at radius 2 is 1.96 bits per heavy atom. The van der Waals surface area contributed by atoms with Crippen molar-refractivity contribution in [3.63, 3.8) is 0 Å². The van der Waals surface area contributed by atoms with Gasteiger partial charge in [0.05, 0.1) is 11.5 Å².